The largest absolute Gasteiger partial charge is 0.496 e. The third-order valence-electron chi connectivity index (χ3n) is 4.25. The molecule has 1 N–H and O–H groups in total. The number of carbonyl (C=O) groups is 1. The van der Waals surface area contributed by atoms with E-state index in [4.69, 9.17) is 4.74 Å². The molecule has 0 unspecified atom stereocenters. The van der Waals surface area contributed by atoms with Crippen LogP contribution in [0.4, 0.5) is 5.69 Å². The fraction of sp³-hybridized carbons (Fsp3) is 0.250. The van der Waals surface area contributed by atoms with Crippen LogP contribution < -0.4 is 10.1 Å². The Kier molecular flexibility index (Phi) is 3.95. The van der Waals surface area contributed by atoms with Crippen molar-refractivity contribution in [2.45, 2.75) is 26.7 Å². The summed E-state index contributed by atoms with van der Waals surface area (Å²) in [5, 5.41) is 2.92. The van der Waals surface area contributed by atoms with Gasteiger partial charge >= 0.3 is 0 Å². The van der Waals surface area contributed by atoms with Crippen LogP contribution in [0.5, 0.6) is 5.75 Å². The Labute approximate surface area is 137 Å². The predicted octanol–water partition coefficient (Wildman–Crippen LogP) is 4.62. The standard InChI is InChI=1S/C20H21NO2/c1-12(2)16-10-14(13(3)9-19(16)23-4)11-17-15-7-5-6-8-18(15)21-20(17)22/h5-12H,1-4H3,(H,21,22)/b17-11+. The van der Waals surface area contributed by atoms with Crippen LogP contribution in [0.3, 0.4) is 0 Å². The summed E-state index contributed by atoms with van der Waals surface area (Å²) in [6, 6.07) is 11.9. The molecule has 118 valence electrons. The molecule has 1 aliphatic heterocycles. The van der Waals surface area contributed by atoms with Crippen molar-refractivity contribution in [3.8, 4) is 5.75 Å². The number of anilines is 1. The van der Waals surface area contributed by atoms with E-state index in [0.29, 0.717) is 11.5 Å². The van der Waals surface area contributed by atoms with E-state index < -0.39 is 0 Å². The zero-order valence-corrected chi connectivity index (χ0v) is 13.9. The van der Waals surface area contributed by atoms with Gasteiger partial charge in [-0.2, -0.15) is 0 Å². The van der Waals surface area contributed by atoms with Gasteiger partial charge in [-0.3, -0.25) is 4.79 Å². The molecule has 3 heteroatoms. The van der Waals surface area contributed by atoms with Crippen molar-refractivity contribution in [2.75, 3.05) is 12.4 Å². The Morgan fingerprint density at radius 1 is 1.17 bits per heavy atom. The molecule has 2 aromatic carbocycles. The molecule has 3 rings (SSSR count). The molecular weight excluding hydrogens is 286 g/mol. The van der Waals surface area contributed by atoms with E-state index in [-0.39, 0.29) is 5.91 Å². The highest BCUT2D eigenvalue weighted by atomic mass is 16.5. The maximum atomic E-state index is 12.3. The van der Waals surface area contributed by atoms with Gasteiger partial charge in [-0.05, 0) is 53.8 Å². The number of amides is 1. The minimum Gasteiger partial charge on any atom is -0.496 e. The summed E-state index contributed by atoms with van der Waals surface area (Å²) in [7, 11) is 1.69. The highest BCUT2D eigenvalue weighted by Gasteiger charge is 2.23. The fourth-order valence-corrected chi connectivity index (χ4v) is 2.94. The smallest absolute Gasteiger partial charge is 0.256 e. The molecule has 1 amide bonds. The highest BCUT2D eigenvalue weighted by Crippen LogP contribution is 2.35. The summed E-state index contributed by atoms with van der Waals surface area (Å²) in [4.78, 5) is 12.3. The first-order valence-corrected chi connectivity index (χ1v) is 7.82. The van der Waals surface area contributed by atoms with Gasteiger partial charge in [0.05, 0.1) is 7.11 Å². The molecule has 0 spiro atoms. The highest BCUT2D eigenvalue weighted by molar-refractivity contribution is 6.34. The van der Waals surface area contributed by atoms with Gasteiger partial charge in [-0.25, -0.2) is 0 Å². The van der Waals surface area contributed by atoms with Gasteiger partial charge in [0.25, 0.3) is 5.91 Å². The zero-order chi connectivity index (χ0) is 16.6. The third-order valence-corrected chi connectivity index (χ3v) is 4.25. The number of carbonyl (C=O) groups excluding carboxylic acids is 1. The molecule has 0 bridgehead atoms. The maximum absolute atomic E-state index is 12.3. The van der Waals surface area contributed by atoms with Crippen LogP contribution in [0.1, 0.15) is 42.0 Å². The van der Waals surface area contributed by atoms with Crippen molar-refractivity contribution in [2.24, 2.45) is 0 Å². The zero-order valence-electron chi connectivity index (χ0n) is 13.9. The van der Waals surface area contributed by atoms with E-state index in [0.717, 1.165) is 33.7 Å². The molecule has 1 aliphatic rings. The molecule has 2 aromatic rings. The monoisotopic (exact) mass is 307 g/mol. The van der Waals surface area contributed by atoms with Crippen molar-refractivity contribution in [1.82, 2.24) is 0 Å². The quantitative estimate of drug-likeness (QED) is 0.840. The van der Waals surface area contributed by atoms with Crippen molar-refractivity contribution < 1.29 is 9.53 Å². The number of hydrogen-bond acceptors (Lipinski definition) is 2. The molecule has 0 saturated heterocycles. The van der Waals surface area contributed by atoms with Gasteiger partial charge < -0.3 is 10.1 Å². The molecule has 0 fully saturated rings. The van der Waals surface area contributed by atoms with E-state index in [1.54, 1.807) is 7.11 Å². The first-order valence-electron chi connectivity index (χ1n) is 7.82. The predicted molar refractivity (Wildman–Crippen MR) is 94.8 cm³/mol. The second kappa shape index (κ2) is 5.92. The SMILES string of the molecule is COc1cc(C)c(/C=C2/C(=O)Nc3ccccc32)cc1C(C)C. The van der Waals surface area contributed by atoms with E-state index in [2.05, 4.69) is 25.2 Å². The van der Waals surface area contributed by atoms with Crippen LogP contribution in [0, 0.1) is 6.92 Å². The topological polar surface area (TPSA) is 38.3 Å². The molecule has 0 atom stereocenters. The number of para-hydroxylation sites is 1. The first-order chi connectivity index (χ1) is 11.0. The molecule has 1 heterocycles. The summed E-state index contributed by atoms with van der Waals surface area (Å²) in [6.07, 6.45) is 1.97. The van der Waals surface area contributed by atoms with Gasteiger partial charge in [-0.1, -0.05) is 32.0 Å². The first kappa shape index (κ1) is 15.3. The number of nitrogens with one attached hydrogen (secondary N) is 1. The second-order valence-corrected chi connectivity index (χ2v) is 6.16. The van der Waals surface area contributed by atoms with Crippen molar-refractivity contribution in [3.63, 3.8) is 0 Å². The normalized spacial score (nSPS) is 15.0. The van der Waals surface area contributed by atoms with Gasteiger partial charge in [0.1, 0.15) is 5.75 Å². The number of hydrogen-bond donors (Lipinski definition) is 1. The van der Waals surface area contributed by atoms with Crippen LogP contribution in [0.25, 0.3) is 11.6 Å². The number of aryl methyl sites for hydroxylation is 1. The summed E-state index contributed by atoms with van der Waals surface area (Å²) >= 11 is 0. The van der Waals surface area contributed by atoms with Gasteiger partial charge in [0, 0.05) is 16.8 Å². The Bertz CT molecular complexity index is 803. The van der Waals surface area contributed by atoms with Crippen LogP contribution in [0.15, 0.2) is 36.4 Å². The summed E-state index contributed by atoms with van der Waals surface area (Å²) in [5.41, 5.74) is 5.84. The summed E-state index contributed by atoms with van der Waals surface area (Å²) in [6.45, 7) is 6.32. The number of ether oxygens (including phenoxy) is 1. The third kappa shape index (κ3) is 2.74. The van der Waals surface area contributed by atoms with Gasteiger partial charge in [0.15, 0.2) is 0 Å². The van der Waals surface area contributed by atoms with Crippen molar-refractivity contribution >= 4 is 23.2 Å². The van der Waals surface area contributed by atoms with E-state index >= 15 is 0 Å². The molecule has 0 radical (unpaired) electrons. The lowest BCUT2D eigenvalue weighted by atomic mass is 9.94. The van der Waals surface area contributed by atoms with Crippen LogP contribution in [0.2, 0.25) is 0 Å². The molecule has 0 aliphatic carbocycles. The van der Waals surface area contributed by atoms with Crippen LogP contribution in [-0.2, 0) is 4.79 Å². The summed E-state index contributed by atoms with van der Waals surface area (Å²) < 4.78 is 5.49. The van der Waals surface area contributed by atoms with Crippen molar-refractivity contribution in [3.05, 3.63) is 58.7 Å². The average Bonchev–Trinajstić information content (AvgIpc) is 2.84. The van der Waals surface area contributed by atoms with Gasteiger partial charge in [-0.15, -0.1) is 0 Å². The number of fused-ring (bicyclic) bond motifs is 1. The van der Waals surface area contributed by atoms with E-state index in [1.165, 1.54) is 0 Å². The van der Waals surface area contributed by atoms with Crippen LogP contribution >= 0.6 is 0 Å². The molecule has 23 heavy (non-hydrogen) atoms. The van der Waals surface area contributed by atoms with E-state index in [9.17, 15) is 4.79 Å². The molecule has 0 saturated carbocycles. The minimum atomic E-state index is -0.0486. The second-order valence-electron chi connectivity index (χ2n) is 6.16. The Hall–Kier alpha value is -2.55. The Morgan fingerprint density at radius 2 is 1.91 bits per heavy atom. The molecule has 3 nitrogen and oxygen atoms in total. The fourth-order valence-electron chi connectivity index (χ4n) is 2.94. The van der Waals surface area contributed by atoms with Gasteiger partial charge in [0.2, 0.25) is 0 Å². The number of methoxy groups -OCH3 is 1. The molecule has 0 aromatic heterocycles. The Balaban J connectivity index is 2.13. The lowest BCUT2D eigenvalue weighted by molar-refractivity contribution is -0.110. The average molecular weight is 307 g/mol. The number of rotatable bonds is 3. The lowest BCUT2D eigenvalue weighted by Crippen LogP contribution is -2.04. The van der Waals surface area contributed by atoms with Crippen LogP contribution in [-0.4, -0.2) is 13.0 Å². The maximum Gasteiger partial charge on any atom is 0.256 e. The molecular formula is C20H21NO2. The van der Waals surface area contributed by atoms with Crippen molar-refractivity contribution in [1.29, 1.82) is 0 Å². The Morgan fingerprint density at radius 3 is 2.61 bits per heavy atom. The number of benzene rings is 2. The summed E-state index contributed by atoms with van der Waals surface area (Å²) in [5.74, 6) is 1.20. The lowest BCUT2D eigenvalue weighted by Gasteiger charge is -2.15. The minimum absolute atomic E-state index is 0.0486. The van der Waals surface area contributed by atoms with E-state index in [1.807, 2.05) is 43.3 Å².